The lowest BCUT2D eigenvalue weighted by Crippen LogP contribution is -2.38. The third-order valence-electron chi connectivity index (χ3n) is 2.93. The van der Waals surface area contributed by atoms with Gasteiger partial charge in [-0.15, -0.1) is 11.3 Å². The molecule has 102 valence electrons. The number of rotatable bonds is 7. The molecule has 1 aromatic heterocycles. The van der Waals surface area contributed by atoms with Crippen LogP contribution in [0, 0.1) is 13.8 Å². The number of carbonyl (C=O) groups is 1. The minimum absolute atomic E-state index is 0.0363. The number of hydrogen-bond donors (Lipinski definition) is 2. The molecule has 1 aromatic rings. The van der Waals surface area contributed by atoms with E-state index in [4.69, 9.17) is 0 Å². The molecule has 0 bridgehead atoms. The molecule has 0 aliphatic rings. The van der Waals surface area contributed by atoms with Crippen LogP contribution in [-0.2, 0) is 4.79 Å². The molecule has 2 unspecified atom stereocenters. The SMILES string of the molecule is CCCCC(NC(C)c1sc(C)nc1C)C(=O)O. The lowest BCUT2D eigenvalue weighted by atomic mass is 10.1. The number of aromatic nitrogens is 1. The summed E-state index contributed by atoms with van der Waals surface area (Å²) in [7, 11) is 0. The first-order chi connectivity index (χ1) is 8.45. The van der Waals surface area contributed by atoms with Crippen molar-refractivity contribution in [2.24, 2.45) is 0 Å². The summed E-state index contributed by atoms with van der Waals surface area (Å²) in [6, 6.07) is -0.434. The molecule has 0 amide bonds. The molecule has 0 radical (unpaired) electrons. The van der Waals surface area contributed by atoms with Crippen LogP contribution in [0.5, 0.6) is 0 Å². The van der Waals surface area contributed by atoms with E-state index < -0.39 is 12.0 Å². The predicted molar refractivity (Wildman–Crippen MR) is 74.1 cm³/mol. The Morgan fingerprint density at radius 1 is 1.50 bits per heavy atom. The summed E-state index contributed by atoms with van der Waals surface area (Å²) in [5.41, 5.74) is 0.997. The third kappa shape index (κ3) is 4.07. The number of aliphatic carboxylic acids is 1. The number of hydrogen-bond acceptors (Lipinski definition) is 4. The van der Waals surface area contributed by atoms with Crippen molar-refractivity contribution >= 4 is 17.3 Å². The molecule has 1 rings (SSSR count). The van der Waals surface area contributed by atoms with E-state index in [1.165, 1.54) is 0 Å². The highest BCUT2D eigenvalue weighted by atomic mass is 32.1. The minimum atomic E-state index is -0.769. The van der Waals surface area contributed by atoms with Crippen molar-refractivity contribution in [1.82, 2.24) is 10.3 Å². The maximum Gasteiger partial charge on any atom is 0.320 e. The fourth-order valence-electron chi connectivity index (χ4n) is 2.01. The van der Waals surface area contributed by atoms with E-state index in [0.29, 0.717) is 6.42 Å². The maximum absolute atomic E-state index is 11.2. The van der Waals surface area contributed by atoms with Gasteiger partial charge < -0.3 is 5.11 Å². The first-order valence-electron chi connectivity index (χ1n) is 6.38. The van der Waals surface area contributed by atoms with Crippen LogP contribution in [0.15, 0.2) is 0 Å². The van der Waals surface area contributed by atoms with E-state index in [1.54, 1.807) is 11.3 Å². The zero-order chi connectivity index (χ0) is 13.7. The lowest BCUT2D eigenvalue weighted by molar-refractivity contribution is -0.139. The smallest absolute Gasteiger partial charge is 0.320 e. The second kappa shape index (κ2) is 6.85. The van der Waals surface area contributed by atoms with Gasteiger partial charge in [-0.25, -0.2) is 4.98 Å². The van der Waals surface area contributed by atoms with Crippen LogP contribution in [0.25, 0.3) is 0 Å². The van der Waals surface area contributed by atoms with Crippen molar-refractivity contribution in [3.63, 3.8) is 0 Å². The summed E-state index contributed by atoms with van der Waals surface area (Å²) in [4.78, 5) is 16.7. The molecular weight excluding hydrogens is 248 g/mol. The fourth-order valence-corrected chi connectivity index (χ4v) is 2.95. The van der Waals surface area contributed by atoms with Crippen molar-refractivity contribution in [1.29, 1.82) is 0 Å². The van der Waals surface area contributed by atoms with E-state index in [0.717, 1.165) is 28.4 Å². The Morgan fingerprint density at radius 2 is 2.17 bits per heavy atom. The topological polar surface area (TPSA) is 62.2 Å². The lowest BCUT2D eigenvalue weighted by Gasteiger charge is -2.19. The van der Waals surface area contributed by atoms with Gasteiger partial charge >= 0.3 is 5.97 Å². The van der Waals surface area contributed by atoms with Crippen LogP contribution < -0.4 is 5.32 Å². The van der Waals surface area contributed by atoms with Gasteiger partial charge in [-0.3, -0.25) is 10.1 Å². The molecule has 0 saturated carbocycles. The minimum Gasteiger partial charge on any atom is -0.480 e. The standard InChI is InChI=1S/C13H22N2O2S/c1-5-6-7-11(13(16)17)15-9(3)12-8(2)14-10(4)18-12/h9,11,15H,5-7H2,1-4H3,(H,16,17). The van der Waals surface area contributed by atoms with Gasteiger partial charge in [0.25, 0.3) is 0 Å². The second-order valence-corrected chi connectivity index (χ2v) is 5.84. The van der Waals surface area contributed by atoms with Gasteiger partial charge in [0.15, 0.2) is 0 Å². The first kappa shape index (κ1) is 15.1. The Hall–Kier alpha value is -0.940. The first-order valence-corrected chi connectivity index (χ1v) is 7.20. The number of aryl methyl sites for hydroxylation is 2. The molecule has 0 saturated heterocycles. The van der Waals surface area contributed by atoms with Crippen molar-refractivity contribution in [2.75, 3.05) is 0 Å². The molecular formula is C13H22N2O2S. The van der Waals surface area contributed by atoms with E-state index in [9.17, 15) is 9.90 Å². The molecule has 0 aromatic carbocycles. The number of carboxylic acids is 1. The number of unbranched alkanes of at least 4 members (excludes halogenated alkanes) is 1. The van der Waals surface area contributed by atoms with Crippen LogP contribution in [0.2, 0.25) is 0 Å². The number of thiazole rings is 1. The normalized spacial score (nSPS) is 14.4. The Kier molecular flexibility index (Phi) is 5.75. The van der Waals surface area contributed by atoms with Crippen LogP contribution in [0.4, 0.5) is 0 Å². The molecule has 1 heterocycles. The van der Waals surface area contributed by atoms with Gasteiger partial charge in [0.1, 0.15) is 6.04 Å². The Balaban J connectivity index is 2.68. The van der Waals surface area contributed by atoms with Gasteiger partial charge in [0, 0.05) is 10.9 Å². The van der Waals surface area contributed by atoms with E-state index >= 15 is 0 Å². The molecule has 0 fully saturated rings. The molecule has 5 heteroatoms. The van der Waals surface area contributed by atoms with Crippen molar-refractivity contribution in [3.05, 3.63) is 15.6 Å². The summed E-state index contributed by atoms with van der Waals surface area (Å²) in [6.45, 7) is 8.01. The Bertz CT molecular complexity index is 404. The highest BCUT2D eigenvalue weighted by Gasteiger charge is 2.21. The van der Waals surface area contributed by atoms with Crippen LogP contribution in [0.1, 0.15) is 54.7 Å². The molecule has 18 heavy (non-hydrogen) atoms. The van der Waals surface area contributed by atoms with Crippen LogP contribution >= 0.6 is 11.3 Å². The quantitative estimate of drug-likeness (QED) is 0.799. The van der Waals surface area contributed by atoms with Crippen molar-refractivity contribution in [2.45, 2.75) is 59.0 Å². The van der Waals surface area contributed by atoms with Crippen molar-refractivity contribution in [3.8, 4) is 0 Å². The zero-order valence-corrected chi connectivity index (χ0v) is 12.3. The van der Waals surface area contributed by atoms with E-state index in [2.05, 4.69) is 17.2 Å². The highest BCUT2D eigenvalue weighted by Crippen LogP contribution is 2.25. The van der Waals surface area contributed by atoms with E-state index in [-0.39, 0.29) is 6.04 Å². The Morgan fingerprint density at radius 3 is 2.61 bits per heavy atom. The average Bonchev–Trinajstić information content (AvgIpc) is 2.63. The largest absolute Gasteiger partial charge is 0.480 e. The van der Waals surface area contributed by atoms with Gasteiger partial charge in [-0.2, -0.15) is 0 Å². The molecule has 0 aliphatic carbocycles. The number of nitrogens with one attached hydrogen (secondary N) is 1. The fraction of sp³-hybridized carbons (Fsp3) is 0.692. The van der Waals surface area contributed by atoms with Gasteiger partial charge in [0.05, 0.1) is 10.7 Å². The Labute approximate surface area is 112 Å². The number of carboxylic acid groups (broad SMARTS) is 1. The summed E-state index contributed by atoms with van der Waals surface area (Å²) in [5.74, 6) is -0.769. The molecule has 4 nitrogen and oxygen atoms in total. The predicted octanol–water partition coefficient (Wildman–Crippen LogP) is 3.05. The summed E-state index contributed by atoms with van der Waals surface area (Å²) in [6.07, 6.45) is 2.61. The van der Waals surface area contributed by atoms with Gasteiger partial charge in [-0.05, 0) is 27.2 Å². The second-order valence-electron chi connectivity index (χ2n) is 4.60. The monoisotopic (exact) mass is 270 g/mol. The van der Waals surface area contributed by atoms with Crippen LogP contribution in [-0.4, -0.2) is 22.1 Å². The van der Waals surface area contributed by atoms with Gasteiger partial charge in [0.2, 0.25) is 0 Å². The molecule has 0 aliphatic heterocycles. The molecule has 2 atom stereocenters. The van der Waals surface area contributed by atoms with Crippen LogP contribution in [0.3, 0.4) is 0 Å². The maximum atomic E-state index is 11.2. The van der Waals surface area contributed by atoms with E-state index in [1.807, 2.05) is 20.8 Å². The summed E-state index contributed by atoms with van der Waals surface area (Å²) in [5, 5.41) is 13.4. The third-order valence-corrected chi connectivity index (χ3v) is 4.18. The summed E-state index contributed by atoms with van der Waals surface area (Å²) >= 11 is 1.63. The number of nitrogens with zero attached hydrogens (tertiary/aromatic N) is 1. The highest BCUT2D eigenvalue weighted by molar-refractivity contribution is 7.11. The molecule has 2 N–H and O–H groups in total. The zero-order valence-electron chi connectivity index (χ0n) is 11.5. The molecule has 0 spiro atoms. The average molecular weight is 270 g/mol. The van der Waals surface area contributed by atoms with Crippen molar-refractivity contribution < 1.29 is 9.90 Å². The summed E-state index contributed by atoms with van der Waals surface area (Å²) < 4.78 is 0. The van der Waals surface area contributed by atoms with Gasteiger partial charge in [-0.1, -0.05) is 19.8 Å².